The predicted molar refractivity (Wildman–Crippen MR) is 131 cm³/mol. The molecule has 1 spiro atoms. The number of benzene rings is 1. The normalized spacial score (nSPS) is 17.8. The maximum Gasteiger partial charge on any atom is 0.250 e. The van der Waals surface area contributed by atoms with Gasteiger partial charge in [0.2, 0.25) is 11.8 Å². The number of anilines is 1. The summed E-state index contributed by atoms with van der Waals surface area (Å²) < 4.78 is 0. The van der Waals surface area contributed by atoms with Gasteiger partial charge in [0.05, 0.1) is 6.67 Å². The van der Waals surface area contributed by atoms with Crippen molar-refractivity contribution in [3.63, 3.8) is 0 Å². The molecule has 2 saturated heterocycles. The number of nitrogens with zero attached hydrogens (tertiary/aromatic N) is 3. The number of carbonyl (C=O) groups is 3. The smallest absolute Gasteiger partial charge is 0.250 e. The van der Waals surface area contributed by atoms with Crippen LogP contribution in [0.1, 0.15) is 72.1 Å². The van der Waals surface area contributed by atoms with E-state index in [1.54, 1.807) is 4.90 Å². The molecule has 1 N–H and O–H groups in total. The van der Waals surface area contributed by atoms with E-state index in [9.17, 15) is 14.4 Å². The zero-order valence-corrected chi connectivity index (χ0v) is 20.5. The van der Waals surface area contributed by atoms with Gasteiger partial charge in [0.25, 0.3) is 5.91 Å². The third-order valence-corrected chi connectivity index (χ3v) is 6.80. The lowest BCUT2D eigenvalue weighted by molar-refractivity contribution is -0.140. The zero-order valence-electron chi connectivity index (χ0n) is 20.5. The zero-order chi connectivity index (χ0) is 23.8. The van der Waals surface area contributed by atoms with Gasteiger partial charge in [-0.25, -0.2) is 0 Å². The molecule has 182 valence electrons. The van der Waals surface area contributed by atoms with Crippen LogP contribution >= 0.6 is 0 Å². The highest BCUT2D eigenvalue weighted by atomic mass is 16.2. The van der Waals surface area contributed by atoms with Gasteiger partial charge >= 0.3 is 0 Å². The molecule has 0 bridgehead atoms. The van der Waals surface area contributed by atoms with Crippen molar-refractivity contribution in [1.82, 2.24) is 15.1 Å². The third-order valence-electron chi connectivity index (χ3n) is 6.80. The Morgan fingerprint density at radius 1 is 1.03 bits per heavy atom. The minimum absolute atomic E-state index is 0.00285. The van der Waals surface area contributed by atoms with Crippen LogP contribution in [-0.4, -0.2) is 65.4 Å². The van der Waals surface area contributed by atoms with Gasteiger partial charge in [0.15, 0.2) is 0 Å². The maximum atomic E-state index is 13.6. The van der Waals surface area contributed by atoms with Crippen molar-refractivity contribution in [2.24, 2.45) is 0 Å². The Morgan fingerprint density at radius 2 is 1.70 bits per heavy atom. The minimum atomic E-state index is -0.697. The van der Waals surface area contributed by atoms with Gasteiger partial charge in [-0.1, -0.05) is 50.8 Å². The molecule has 3 amide bonds. The van der Waals surface area contributed by atoms with Crippen molar-refractivity contribution >= 4 is 23.4 Å². The SMILES string of the molecule is CCCCCCCC(=O)N1CCC2(CC1)C(=O)N(CC(=O)NC(C)C)CN2c1ccccc1. The molecule has 2 heterocycles. The molecule has 1 aromatic rings. The number of nitrogens with one attached hydrogen (secondary N) is 1. The second kappa shape index (κ2) is 11.5. The number of hydrogen-bond donors (Lipinski definition) is 1. The number of piperidine rings is 1. The van der Waals surface area contributed by atoms with Crippen molar-refractivity contribution in [2.75, 3.05) is 31.2 Å². The monoisotopic (exact) mass is 456 g/mol. The van der Waals surface area contributed by atoms with Gasteiger partial charge in [0.1, 0.15) is 12.1 Å². The van der Waals surface area contributed by atoms with Crippen LogP contribution in [0.3, 0.4) is 0 Å². The lowest BCUT2D eigenvalue weighted by Crippen LogP contribution is -2.57. The number of unbranched alkanes of at least 4 members (excludes halogenated alkanes) is 4. The largest absolute Gasteiger partial charge is 0.352 e. The Bertz CT molecular complexity index is 803. The summed E-state index contributed by atoms with van der Waals surface area (Å²) in [4.78, 5) is 44.5. The molecule has 7 heteroatoms. The average Bonchev–Trinajstić information content (AvgIpc) is 3.05. The second-order valence-corrected chi connectivity index (χ2v) is 9.71. The fourth-order valence-electron chi connectivity index (χ4n) is 5.03. The highest BCUT2D eigenvalue weighted by Gasteiger charge is 2.54. The molecule has 0 saturated carbocycles. The Morgan fingerprint density at radius 3 is 2.33 bits per heavy atom. The van der Waals surface area contributed by atoms with Crippen LogP contribution in [-0.2, 0) is 14.4 Å². The van der Waals surface area contributed by atoms with E-state index in [1.165, 1.54) is 19.3 Å². The van der Waals surface area contributed by atoms with Gasteiger partial charge < -0.3 is 20.0 Å². The van der Waals surface area contributed by atoms with Crippen LogP contribution in [0.25, 0.3) is 0 Å². The van der Waals surface area contributed by atoms with Crippen LogP contribution in [0.15, 0.2) is 30.3 Å². The van der Waals surface area contributed by atoms with E-state index in [2.05, 4.69) is 17.1 Å². The lowest BCUT2D eigenvalue weighted by atomic mass is 9.85. The first-order valence-electron chi connectivity index (χ1n) is 12.6. The summed E-state index contributed by atoms with van der Waals surface area (Å²) in [6, 6.07) is 9.97. The van der Waals surface area contributed by atoms with E-state index in [0.717, 1.165) is 18.5 Å². The number of amides is 3. The Labute approximate surface area is 198 Å². The van der Waals surface area contributed by atoms with Crippen LogP contribution in [0.2, 0.25) is 0 Å². The molecule has 33 heavy (non-hydrogen) atoms. The van der Waals surface area contributed by atoms with Gasteiger partial charge in [0, 0.05) is 31.2 Å². The Kier molecular flexibility index (Phi) is 8.75. The molecule has 0 aliphatic carbocycles. The summed E-state index contributed by atoms with van der Waals surface area (Å²) in [5.41, 5.74) is 0.283. The second-order valence-electron chi connectivity index (χ2n) is 9.71. The van der Waals surface area contributed by atoms with E-state index in [1.807, 2.05) is 49.1 Å². The van der Waals surface area contributed by atoms with Crippen LogP contribution in [0, 0.1) is 0 Å². The first-order valence-corrected chi connectivity index (χ1v) is 12.6. The molecule has 1 aromatic carbocycles. The summed E-state index contributed by atoms with van der Waals surface area (Å²) in [7, 11) is 0. The number of carbonyl (C=O) groups excluding carboxylic acids is 3. The highest BCUT2D eigenvalue weighted by molar-refractivity contribution is 5.96. The Balaban J connectivity index is 1.67. The Hall–Kier alpha value is -2.57. The minimum Gasteiger partial charge on any atom is -0.352 e. The van der Waals surface area contributed by atoms with Crippen molar-refractivity contribution in [1.29, 1.82) is 0 Å². The topological polar surface area (TPSA) is 73.0 Å². The van der Waals surface area contributed by atoms with Crippen molar-refractivity contribution in [2.45, 2.75) is 83.7 Å². The fraction of sp³-hybridized carbons (Fsp3) is 0.654. The number of rotatable bonds is 10. The molecule has 0 atom stereocenters. The van der Waals surface area contributed by atoms with Crippen LogP contribution in [0.5, 0.6) is 0 Å². The fourth-order valence-corrected chi connectivity index (χ4v) is 5.03. The molecule has 0 unspecified atom stereocenters. The van der Waals surface area contributed by atoms with Crippen molar-refractivity contribution in [3.05, 3.63) is 30.3 Å². The first-order chi connectivity index (χ1) is 15.9. The quantitative estimate of drug-likeness (QED) is 0.547. The van der Waals surface area contributed by atoms with Crippen molar-refractivity contribution < 1.29 is 14.4 Å². The van der Waals surface area contributed by atoms with Crippen LogP contribution < -0.4 is 10.2 Å². The molecule has 7 nitrogen and oxygen atoms in total. The van der Waals surface area contributed by atoms with Gasteiger partial charge in [-0.3, -0.25) is 14.4 Å². The molecule has 2 aliphatic rings. The summed E-state index contributed by atoms with van der Waals surface area (Å²) in [6.45, 7) is 7.62. The third kappa shape index (κ3) is 6.06. The molecule has 2 fully saturated rings. The molecular formula is C26H40N4O3. The summed E-state index contributed by atoms with van der Waals surface area (Å²) in [5.74, 6) is 0.0576. The van der Waals surface area contributed by atoms with Gasteiger partial charge in [-0.05, 0) is 45.2 Å². The van der Waals surface area contributed by atoms with Gasteiger partial charge in [-0.15, -0.1) is 0 Å². The highest BCUT2D eigenvalue weighted by Crippen LogP contribution is 2.39. The summed E-state index contributed by atoms with van der Waals surface area (Å²) in [6.07, 6.45) is 7.42. The number of hydrogen-bond acceptors (Lipinski definition) is 4. The lowest BCUT2D eigenvalue weighted by Gasteiger charge is -2.43. The summed E-state index contributed by atoms with van der Waals surface area (Å²) in [5, 5.41) is 2.89. The summed E-state index contributed by atoms with van der Waals surface area (Å²) >= 11 is 0. The number of likely N-dealkylation sites (tertiary alicyclic amines) is 1. The number of para-hydroxylation sites is 1. The molecule has 0 aromatic heterocycles. The standard InChI is InChI=1S/C26H40N4O3/c1-4-5-6-7-11-14-24(32)28-17-15-26(16-18-28)25(33)29(19-23(31)27-21(2)3)20-30(26)22-12-9-8-10-13-22/h8-10,12-13,21H,4-7,11,14-20H2,1-3H3,(H,27,31). The first kappa shape index (κ1) is 25.1. The molecule has 0 radical (unpaired) electrons. The van der Waals surface area contributed by atoms with E-state index in [-0.39, 0.29) is 30.3 Å². The van der Waals surface area contributed by atoms with E-state index in [4.69, 9.17) is 0 Å². The molecule has 2 aliphatic heterocycles. The molecule has 3 rings (SSSR count). The average molecular weight is 457 g/mol. The predicted octanol–water partition coefficient (Wildman–Crippen LogP) is 3.54. The van der Waals surface area contributed by atoms with Crippen molar-refractivity contribution in [3.8, 4) is 0 Å². The van der Waals surface area contributed by atoms with E-state index >= 15 is 0 Å². The van der Waals surface area contributed by atoms with E-state index < -0.39 is 5.54 Å². The maximum absolute atomic E-state index is 13.6. The van der Waals surface area contributed by atoms with Crippen LogP contribution in [0.4, 0.5) is 5.69 Å². The molecular weight excluding hydrogens is 416 g/mol. The van der Waals surface area contributed by atoms with E-state index in [0.29, 0.717) is 39.0 Å². The van der Waals surface area contributed by atoms with Gasteiger partial charge in [-0.2, -0.15) is 0 Å².